The van der Waals surface area contributed by atoms with Gasteiger partial charge in [-0.2, -0.15) is 0 Å². The normalized spacial score (nSPS) is 10.7. The maximum Gasteiger partial charge on any atom is 0.354 e. The van der Waals surface area contributed by atoms with Crippen molar-refractivity contribution < 1.29 is 9.90 Å². The molecular weight excluding hydrogens is 274 g/mol. The number of hydrogen-bond donors (Lipinski definition) is 3. The van der Waals surface area contributed by atoms with Crippen molar-refractivity contribution >= 4 is 17.0 Å². The minimum atomic E-state index is -1.24. The highest BCUT2D eigenvalue weighted by molar-refractivity contribution is 5.97. The molecule has 0 radical (unpaired) electrons. The van der Waals surface area contributed by atoms with Crippen molar-refractivity contribution in [3.63, 3.8) is 0 Å². The second-order valence-corrected chi connectivity index (χ2v) is 4.36. The third-order valence-electron chi connectivity index (χ3n) is 3.01. The fourth-order valence-corrected chi connectivity index (χ4v) is 2.12. The summed E-state index contributed by atoms with van der Waals surface area (Å²) in [6, 6.07) is 10.1. The van der Waals surface area contributed by atoms with E-state index >= 15 is 0 Å². The van der Waals surface area contributed by atoms with Crippen molar-refractivity contribution in [1.82, 2.24) is 15.0 Å². The van der Waals surface area contributed by atoms with Gasteiger partial charge in [-0.3, -0.25) is 14.8 Å². The van der Waals surface area contributed by atoms with Crippen LogP contribution in [0.1, 0.15) is 10.5 Å². The second kappa shape index (κ2) is 4.71. The van der Waals surface area contributed by atoms with Gasteiger partial charge in [0.05, 0.1) is 5.39 Å². The molecule has 3 aromatic rings. The van der Waals surface area contributed by atoms with Gasteiger partial charge in [-0.1, -0.05) is 30.3 Å². The lowest BCUT2D eigenvalue weighted by Gasteiger charge is -2.06. The predicted octanol–water partition coefficient (Wildman–Crippen LogP) is 0.977. The van der Waals surface area contributed by atoms with Crippen LogP contribution in [0.2, 0.25) is 0 Å². The standard InChI is InChI=1S/C14H9N3O4/c18-12-10-8(7-4-2-1-3-5-7)6-9(13(19)20)15-11(10)16-14(21)17-12/h1-6H,(H,19,20)(H2,15,16,17,18,21). The summed E-state index contributed by atoms with van der Waals surface area (Å²) in [5.41, 5.74) is -0.593. The number of nitrogens with zero attached hydrogens (tertiary/aromatic N) is 1. The van der Waals surface area contributed by atoms with Crippen LogP contribution in [0.15, 0.2) is 46.0 Å². The van der Waals surface area contributed by atoms with Crippen molar-refractivity contribution in [3.8, 4) is 11.1 Å². The summed E-state index contributed by atoms with van der Waals surface area (Å²) in [4.78, 5) is 42.8. The zero-order valence-electron chi connectivity index (χ0n) is 10.6. The molecule has 2 aromatic heterocycles. The number of H-pyrrole nitrogens is 2. The Morgan fingerprint density at radius 1 is 1.10 bits per heavy atom. The molecular formula is C14H9N3O4. The first-order valence-electron chi connectivity index (χ1n) is 6.02. The Labute approximate surface area is 116 Å². The van der Waals surface area contributed by atoms with E-state index in [1.54, 1.807) is 30.3 Å². The topological polar surface area (TPSA) is 116 Å². The monoisotopic (exact) mass is 283 g/mol. The molecule has 3 N–H and O–H groups in total. The molecule has 0 bridgehead atoms. The number of carboxylic acids is 1. The molecule has 7 nitrogen and oxygen atoms in total. The second-order valence-electron chi connectivity index (χ2n) is 4.36. The Balaban J connectivity index is 2.49. The first-order chi connectivity index (χ1) is 10.1. The number of aromatic nitrogens is 3. The predicted molar refractivity (Wildman–Crippen MR) is 75.4 cm³/mol. The molecule has 2 heterocycles. The maximum absolute atomic E-state index is 12.0. The van der Waals surface area contributed by atoms with E-state index in [1.165, 1.54) is 6.07 Å². The number of carbonyl (C=O) groups is 1. The van der Waals surface area contributed by atoms with E-state index in [4.69, 9.17) is 5.11 Å². The zero-order valence-corrected chi connectivity index (χ0v) is 10.6. The minimum absolute atomic E-state index is 0.0532. The number of hydrogen-bond acceptors (Lipinski definition) is 4. The fraction of sp³-hybridized carbons (Fsp3) is 0. The molecule has 0 fully saturated rings. The molecule has 0 aliphatic carbocycles. The molecule has 104 valence electrons. The molecule has 0 unspecified atom stereocenters. The number of aromatic carboxylic acids is 1. The van der Waals surface area contributed by atoms with Crippen molar-refractivity contribution in [1.29, 1.82) is 0 Å². The number of pyridine rings is 1. The van der Waals surface area contributed by atoms with Gasteiger partial charge >= 0.3 is 11.7 Å². The highest BCUT2D eigenvalue weighted by Gasteiger charge is 2.15. The Hall–Kier alpha value is -3.22. The highest BCUT2D eigenvalue weighted by atomic mass is 16.4. The number of nitrogens with one attached hydrogen (secondary N) is 2. The van der Waals surface area contributed by atoms with Gasteiger partial charge < -0.3 is 5.11 Å². The summed E-state index contributed by atoms with van der Waals surface area (Å²) < 4.78 is 0. The Kier molecular flexibility index (Phi) is 2.87. The van der Waals surface area contributed by atoms with Gasteiger partial charge in [-0.25, -0.2) is 14.6 Å². The molecule has 21 heavy (non-hydrogen) atoms. The summed E-state index contributed by atoms with van der Waals surface area (Å²) in [5.74, 6) is -1.24. The lowest BCUT2D eigenvalue weighted by Crippen LogP contribution is -2.23. The van der Waals surface area contributed by atoms with Gasteiger partial charge in [-0.05, 0) is 11.6 Å². The molecule has 0 atom stereocenters. The van der Waals surface area contributed by atoms with Gasteiger partial charge in [0.25, 0.3) is 5.56 Å². The molecule has 1 aromatic carbocycles. The lowest BCUT2D eigenvalue weighted by molar-refractivity contribution is 0.0691. The van der Waals surface area contributed by atoms with E-state index in [1.807, 2.05) is 0 Å². The Morgan fingerprint density at radius 2 is 1.81 bits per heavy atom. The largest absolute Gasteiger partial charge is 0.477 e. The van der Waals surface area contributed by atoms with Crippen molar-refractivity contribution in [3.05, 3.63) is 62.9 Å². The van der Waals surface area contributed by atoms with Crippen molar-refractivity contribution in [2.24, 2.45) is 0 Å². The van der Waals surface area contributed by atoms with E-state index in [2.05, 4.69) is 15.0 Å². The van der Waals surface area contributed by atoms with E-state index < -0.39 is 17.2 Å². The quantitative estimate of drug-likeness (QED) is 0.648. The SMILES string of the molecule is O=C(O)c1cc(-c2ccccc2)c2c(=O)[nH]c(=O)[nH]c2n1. The van der Waals surface area contributed by atoms with Crippen LogP contribution in [0, 0.1) is 0 Å². The first-order valence-corrected chi connectivity index (χ1v) is 6.02. The lowest BCUT2D eigenvalue weighted by atomic mass is 10.0. The Bertz CT molecular complexity index is 957. The highest BCUT2D eigenvalue weighted by Crippen LogP contribution is 2.24. The Morgan fingerprint density at radius 3 is 2.48 bits per heavy atom. The number of fused-ring (bicyclic) bond motifs is 1. The number of rotatable bonds is 2. The third-order valence-corrected chi connectivity index (χ3v) is 3.01. The van der Waals surface area contributed by atoms with Crippen LogP contribution in [0.3, 0.4) is 0 Å². The van der Waals surface area contributed by atoms with Crippen LogP contribution in [0.5, 0.6) is 0 Å². The van der Waals surface area contributed by atoms with E-state index in [-0.39, 0.29) is 16.7 Å². The molecule has 0 amide bonds. The molecule has 0 aliphatic heterocycles. The fourth-order valence-electron chi connectivity index (χ4n) is 2.12. The zero-order chi connectivity index (χ0) is 15.0. The summed E-state index contributed by atoms with van der Waals surface area (Å²) in [6.07, 6.45) is 0. The average molecular weight is 283 g/mol. The number of benzene rings is 1. The van der Waals surface area contributed by atoms with Gasteiger partial charge in [0.2, 0.25) is 0 Å². The third kappa shape index (κ3) is 2.20. The first kappa shape index (κ1) is 12.8. The molecule has 0 aliphatic rings. The van der Waals surface area contributed by atoms with Crippen LogP contribution in [-0.4, -0.2) is 26.0 Å². The van der Waals surface area contributed by atoms with Crippen LogP contribution < -0.4 is 11.2 Å². The van der Waals surface area contributed by atoms with Gasteiger partial charge in [0.15, 0.2) is 5.69 Å². The molecule has 7 heteroatoms. The molecule has 3 rings (SSSR count). The van der Waals surface area contributed by atoms with Crippen LogP contribution in [0.25, 0.3) is 22.2 Å². The average Bonchev–Trinajstić information content (AvgIpc) is 2.46. The molecule has 0 saturated heterocycles. The van der Waals surface area contributed by atoms with Crippen LogP contribution in [0.4, 0.5) is 0 Å². The van der Waals surface area contributed by atoms with E-state index in [9.17, 15) is 14.4 Å². The maximum atomic E-state index is 12.0. The van der Waals surface area contributed by atoms with Crippen molar-refractivity contribution in [2.45, 2.75) is 0 Å². The van der Waals surface area contributed by atoms with Gasteiger partial charge in [0, 0.05) is 5.56 Å². The van der Waals surface area contributed by atoms with E-state index in [0.717, 1.165) is 0 Å². The van der Waals surface area contributed by atoms with Crippen LogP contribution in [-0.2, 0) is 0 Å². The van der Waals surface area contributed by atoms with Crippen LogP contribution >= 0.6 is 0 Å². The minimum Gasteiger partial charge on any atom is -0.477 e. The van der Waals surface area contributed by atoms with E-state index in [0.29, 0.717) is 11.1 Å². The molecule has 0 spiro atoms. The smallest absolute Gasteiger partial charge is 0.354 e. The summed E-state index contributed by atoms with van der Waals surface area (Å²) in [5, 5.41) is 9.26. The summed E-state index contributed by atoms with van der Waals surface area (Å²) in [7, 11) is 0. The summed E-state index contributed by atoms with van der Waals surface area (Å²) >= 11 is 0. The van der Waals surface area contributed by atoms with Gasteiger partial charge in [-0.15, -0.1) is 0 Å². The number of carboxylic acid groups (broad SMARTS) is 1. The van der Waals surface area contributed by atoms with Crippen molar-refractivity contribution in [2.75, 3.05) is 0 Å². The summed E-state index contributed by atoms with van der Waals surface area (Å²) in [6.45, 7) is 0. The van der Waals surface area contributed by atoms with Gasteiger partial charge in [0.1, 0.15) is 5.65 Å². The molecule has 0 saturated carbocycles. The number of aromatic amines is 2.